The summed E-state index contributed by atoms with van der Waals surface area (Å²) in [4.78, 5) is 24.3. The molecule has 0 saturated carbocycles. The predicted octanol–water partition coefficient (Wildman–Crippen LogP) is 2.78. The summed E-state index contributed by atoms with van der Waals surface area (Å²) in [6.07, 6.45) is -0.931. The standard InChI is InChI=1S/C21H23NO4/c1-12(2)11-17(23)20(24)22-19(21(25)26)18-15-9-5-3-7-13(15)14-8-4-6-10-16(14)18/h3-10,12,17-19,23H,11H2,1-2H3,(H,22,24)(H,25,26)/t17-,19+/m1/s1. The fourth-order valence-corrected chi connectivity index (χ4v) is 3.64. The summed E-state index contributed by atoms with van der Waals surface area (Å²) >= 11 is 0. The Balaban J connectivity index is 1.96. The maximum absolute atomic E-state index is 12.3. The Morgan fingerprint density at radius 3 is 1.96 bits per heavy atom. The number of hydrogen-bond donors (Lipinski definition) is 3. The summed E-state index contributed by atoms with van der Waals surface area (Å²) in [6, 6.07) is 14.1. The maximum Gasteiger partial charge on any atom is 0.327 e. The SMILES string of the molecule is CC(C)C[C@@H](O)C(=O)N[C@H](C(=O)O)C1c2ccccc2-c2ccccc21. The van der Waals surface area contributed by atoms with E-state index in [0.717, 1.165) is 22.3 Å². The third-order valence-corrected chi connectivity index (χ3v) is 4.78. The van der Waals surface area contributed by atoms with Crippen molar-refractivity contribution in [3.63, 3.8) is 0 Å². The van der Waals surface area contributed by atoms with Crippen molar-refractivity contribution >= 4 is 11.9 Å². The highest BCUT2D eigenvalue weighted by atomic mass is 16.4. The predicted molar refractivity (Wildman–Crippen MR) is 98.7 cm³/mol. The second-order valence-electron chi connectivity index (χ2n) is 7.12. The Labute approximate surface area is 152 Å². The molecule has 0 bridgehead atoms. The molecule has 0 aliphatic heterocycles. The number of carbonyl (C=O) groups is 2. The second-order valence-corrected chi connectivity index (χ2v) is 7.12. The van der Waals surface area contributed by atoms with Crippen LogP contribution in [0.15, 0.2) is 48.5 Å². The zero-order valence-corrected chi connectivity index (χ0v) is 14.8. The lowest BCUT2D eigenvalue weighted by Crippen LogP contribution is -2.48. The monoisotopic (exact) mass is 353 g/mol. The first kappa shape index (κ1) is 18.1. The minimum absolute atomic E-state index is 0.131. The average Bonchev–Trinajstić information content (AvgIpc) is 2.93. The molecule has 0 saturated heterocycles. The molecular formula is C21H23NO4. The molecule has 5 heteroatoms. The van der Waals surface area contributed by atoms with E-state index < -0.39 is 29.9 Å². The topological polar surface area (TPSA) is 86.6 Å². The molecule has 3 rings (SSSR count). The molecule has 0 fully saturated rings. The first-order valence-electron chi connectivity index (χ1n) is 8.79. The number of hydrogen-bond acceptors (Lipinski definition) is 3. The zero-order valence-electron chi connectivity index (χ0n) is 14.8. The summed E-state index contributed by atoms with van der Waals surface area (Å²) < 4.78 is 0. The number of carbonyl (C=O) groups excluding carboxylic acids is 1. The number of nitrogens with one attached hydrogen (secondary N) is 1. The van der Waals surface area contributed by atoms with Gasteiger partial charge in [-0.15, -0.1) is 0 Å². The Hall–Kier alpha value is -2.66. The van der Waals surface area contributed by atoms with Crippen LogP contribution >= 0.6 is 0 Å². The van der Waals surface area contributed by atoms with Gasteiger partial charge in [-0.25, -0.2) is 4.79 Å². The summed E-state index contributed by atoms with van der Waals surface area (Å²) in [6.45, 7) is 3.79. The van der Waals surface area contributed by atoms with E-state index in [1.165, 1.54) is 0 Å². The van der Waals surface area contributed by atoms with Gasteiger partial charge in [0.05, 0.1) is 0 Å². The summed E-state index contributed by atoms with van der Waals surface area (Å²) in [7, 11) is 0. The highest BCUT2D eigenvalue weighted by Gasteiger charge is 2.39. The molecule has 26 heavy (non-hydrogen) atoms. The highest BCUT2D eigenvalue weighted by Crippen LogP contribution is 2.46. The lowest BCUT2D eigenvalue weighted by molar-refractivity contribution is -0.144. The molecule has 5 nitrogen and oxygen atoms in total. The summed E-state index contributed by atoms with van der Waals surface area (Å²) in [5, 5.41) is 22.4. The van der Waals surface area contributed by atoms with E-state index >= 15 is 0 Å². The van der Waals surface area contributed by atoms with Crippen LogP contribution in [0.25, 0.3) is 11.1 Å². The van der Waals surface area contributed by atoms with E-state index in [2.05, 4.69) is 5.32 Å². The number of benzene rings is 2. The van der Waals surface area contributed by atoms with Crippen LogP contribution in [0.2, 0.25) is 0 Å². The number of rotatable bonds is 6. The van der Waals surface area contributed by atoms with Gasteiger partial charge in [0.1, 0.15) is 12.1 Å². The van der Waals surface area contributed by atoms with Gasteiger partial charge in [0.2, 0.25) is 5.91 Å². The van der Waals surface area contributed by atoms with Crippen molar-refractivity contribution < 1.29 is 19.8 Å². The van der Waals surface area contributed by atoms with Gasteiger partial charge in [0.15, 0.2) is 0 Å². The number of carboxylic acids is 1. The van der Waals surface area contributed by atoms with Crippen LogP contribution < -0.4 is 5.32 Å². The van der Waals surface area contributed by atoms with Gasteiger partial charge in [-0.1, -0.05) is 62.4 Å². The molecule has 1 aliphatic carbocycles. The van der Waals surface area contributed by atoms with Crippen molar-refractivity contribution in [1.82, 2.24) is 5.32 Å². The van der Waals surface area contributed by atoms with Crippen LogP contribution in [0.3, 0.4) is 0 Å². The van der Waals surface area contributed by atoms with Gasteiger partial charge < -0.3 is 15.5 Å². The van der Waals surface area contributed by atoms with Gasteiger partial charge >= 0.3 is 5.97 Å². The first-order chi connectivity index (χ1) is 12.4. The average molecular weight is 353 g/mol. The number of aliphatic hydroxyl groups is 1. The van der Waals surface area contributed by atoms with Crippen molar-refractivity contribution in [2.75, 3.05) is 0 Å². The zero-order chi connectivity index (χ0) is 18.8. The quantitative estimate of drug-likeness (QED) is 0.745. The van der Waals surface area contributed by atoms with Crippen molar-refractivity contribution in [1.29, 1.82) is 0 Å². The molecular weight excluding hydrogens is 330 g/mol. The molecule has 2 aromatic carbocycles. The van der Waals surface area contributed by atoms with Crippen molar-refractivity contribution in [2.45, 2.75) is 38.3 Å². The fraction of sp³-hybridized carbons (Fsp3) is 0.333. The second kappa shape index (κ2) is 7.30. The van der Waals surface area contributed by atoms with Crippen LogP contribution in [0, 0.1) is 5.92 Å². The van der Waals surface area contributed by atoms with E-state index in [9.17, 15) is 19.8 Å². The molecule has 1 amide bonds. The molecule has 0 aromatic heterocycles. The third-order valence-electron chi connectivity index (χ3n) is 4.78. The van der Waals surface area contributed by atoms with E-state index in [0.29, 0.717) is 0 Å². The van der Waals surface area contributed by atoms with Gasteiger partial charge in [-0.3, -0.25) is 4.79 Å². The lowest BCUT2D eigenvalue weighted by atomic mass is 9.89. The smallest absolute Gasteiger partial charge is 0.327 e. The highest BCUT2D eigenvalue weighted by molar-refractivity contribution is 5.90. The van der Waals surface area contributed by atoms with Gasteiger partial charge in [0.25, 0.3) is 0 Å². The minimum Gasteiger partial charge on any atom is -0.480 e. The first-order valence-corrected chi connectivity index (χ1v) is 8.79. The molecule has 2 aromatic rings. The minimum atomic E-state index is -1.22. The molecule has 1 aliphatic rings. The molecule has 0 radical (unpaired) electrons. The van der Waals surface area contributed by atoms with E-state index in [4.69, 9.17) is 0 Å². The van der Waals surface area contributed by atoms with Crippen molar-refractivity contribution in [3.05, 3.63) is 59.7 Å². The number of fused-ring (bicyclic) bond motifs is 3. The summed E-state index contributed by atoms with van der Waals surface area (Å²) in [5.74, 6) is -2.12. The molecule has 0 heterocycles. The van der Waals surface area contributed by atoms with Crippen molar-refractivity contribution in [3.8, 4) is 11.1 Å². The largest absolute Gasteiger partial charge is 0.480 e. The Kier molecular flexibility index (Phi) is 5.09. The number of aliphatic carboxylic acids is 1. The molecule has 136 valence electrons. The molecule has 2 atom stereocenters. The van der Waals surface area contributed by atoms with Crippen LogP contribution in [0.5, 0.6) is 0 Å². The Bertz CT molecular complexity index is 785. The normalized spacial score (nSPS) is 15.2. The van der Waals surface area contributed by atoms with Crippen LogP contribution in [0.4, 0.5) is 0 Å². The maximum atomic E-state index is 12.3. The Morgan fingerprint density at radius 1 is 1.00 bits per heavy atom. The van der Waals surface area contributed by atoms with E-state index in [1.54, 1.807) is 0 Å². The van der Waals surface area contributed by atoms with Gasteiger partial charge in [-0.05, 0) is 34.6 Å². The van der Waals surface area contributed by atoms with E-state index in [1.807, 2.05) is 62.4 Å². The number of amides is 1. The van der Waals surface area contributed by atoms with Crippen LogP contribution in [-0.2, 0) is 9.59 Å². The van der Waals surface area contributed by atoms with Crippen LogP contribution in [-0.4, -0.2) is 34.2 Å². The molecule has 3 N–H and O–H groups in total. The number of aliphatic hydroxyl groups excluding tert-OH is 1. The lowest BCUT2D eigenvalue weighted by Gasteiger charge is -2.24. The molecule has 0 spiro atoms. The summed E-state index contributed by atoms with van der Waals surface area (Å²) in [5.41, 5.74) is 3.71. The third kappa shape index (κ3) is 3.35. The van der Waals surface area contributed by atoms with Crippen molar-refractivity contribution in [2.24, 2.45) is 5.92 Å². The van der Waals surface area contributed by atoms with Gasteiger partial charge in [0, 0.05) is 5.92 Å². The Morgan fingerprint density at radius 2 is 1.50 bits per heavy atom. The fourth-order valence-electron chi connectivity index (χ4n) is 3.64. The van der Waals surface area contributed by atoms with Gasteiger partial charge in [-0.2, -0.15) is 0 Å². The van der Waals surface area contributed by atoms with E-state index in [-0.39, 0.29) is 12.3 Å². The number of carboxylic acid groups (broad SMARTS) is 1. The van der Waals surface area contributed by atoms with Crippen LogP contribution in [0.1, 0.15) is 37.3 Å². The molecule has 0 unspecified atom stereocenters.